The summed E-state index contributed by atoms with van der Waals surface area (Å²) >= 11 is 0. The monoisotopic (exact) mass is 374 g/mol. The van der Waals surface area contributed by atoms with Crippen molar-refractivity contribution in [3.8, 4) is 11.5 Å². The van der Waals surface area contributed by atoms with Gasteiger partial charge in [-0.05, 0) is 34.5 Å². The third-order valence-corrected chi connectivity index (χ3v) is 5.55. The van der Waals surface area contributed by atoms with Crippen LogP contribution in [0.15, 0.2) is 60.7 Å². The number of hydrogen-bond donors (Lipinski definition) is 0. The zero-order valence-corrected chi connectivity index (χ0v) is 15.6. The number of benzene rings is 3. The molecular weight excluding hydrogens is 352 g/mol. The van der Waals surface area contributed by atoms with Crippen LogP contribution in [0.3, 0.4) is 0 Å². The van der Waals surface area contributed by atoms with Crippen LogP contribution in [0.25, 0.3) is 10.8 Å². The molecule has 2 heterocycles. The van der Waals surface area contributed by atoms with E-state index in [0.29, 0.717) is 17.1 Å². The quantitative estimate of drug-likeness (QED) is 0.703. The molecule has 0 N–H and O–H groups in total. The van der Waals surface area contributed by atoms with Gasteiger partial charge in [0.15, 0.2) is 11.5 Å². The highest BCUT2D eigenvalue weighted by atomic mass is 16.7. The van der Waals surface area contributed by atoms with Crippen LogP contribution < -0.4 is 9.47 Å². The first-order valence-corrected chi connectivity index (χ1v) is 9.66. The lowest BCUT2D eigenvalue weighted by atomic mass is 10.0. The van der Waals surface area contributed by atoms with Crippen molar-refractivity contribution in [1.82, 2.24) is 9.80 Å². The summed E-state index contributed by atoms with van der Waals surface area (Å²) < 4.78 is 10.7. The van der Waals surface area contributed by atoms with Crippen LogP contribution >= 0.6 is 0 Å². The Morgan fingerprint density at radius 1 is 0.857 bits per heavy atom. The van der Waals surface area contributed by atoms with Crippen LogP contribution in [0.1, 0.15) is 15.9 Å². The largest absolute Gasteiger partial charge is 0.454 e. The average Bonchev–Trinajstić information content (AvgIpc) is 3.22. The van der Waals surface area contributed by atoms with Crippen LogP contribution in [-0.2, 0) is 6.54 Å². The summed E-state index contributed by atoms with van der Waals surface area (Å²) in [6.45, 7) is 4.35. The second-order valence-corrected chi connectivity index (χ2v) is 7.27. The molecule has 1 amide bonds. The van der Waals surface area contributed by atoms with Crippen molar-refractivity contribution < 1.29 is 14.3 Å². The molecule has 3 aromatic carbocycles. The Labute approximate surface area is 164 Å². The number of ether oxygens (including phenoxy) is 2. The van der Waals surface area contributed by atoms with Gasteiger partial charge in [0.2, 0.25) is 6.79 Å². The van der Waals surface area contributed by atoms with Crippen LogP contribution in [-0.4, -0.2) is 48.7 Å². The molecule has 0 aromatic heterocycles. The van der Waals surface area contributed by atoms with Gasteiger partial charge in [-0.25, -0.2) is 0 Å². The van der Waals surface area contributed by atoms with Crippen molar-refractivity contribution in [2.24, 2.45) is 0 Å². The fourth-order valence-corrected chi connectivity index (χ4v) is 3.99. The summed E-state index contributed by atoms with van der Waals surface area (Å²) in [5.41, 5.74) is 2.00. The van der Waals surface area contributed by atoms with Crippen LogP contribution in [0, 0.1) is 0 Å². The topological polar surface area (TPSA) is 42.0 Å². The zero-order chi connectivity index (χ0) is 18.9. The first-order chi connectivity index (χ1) is 13.8. The highest BCUT2D eigenvalue weighted by Gasteiger charge is 2.24. The van der Waals surface area contributed by atoms with E-state index in [9.17, 15) is 4.79 Å². The summed E-state index contributed by atoms with van der Waals surface area (Å²) in [5.74, 6) is 1.42. The molecular formula is C23H22N2O3. The molecule has 1 fully saturated rings. The molecule has 0 radical (unpaired) electrons. The number of amides is 1. The van der Waals surface area contributed by atoms with Gasteiger partial charge >= 0.3 is 0 Å². The number of carbonyl (C=O) groups is 1. The summed E-state index contributed by atoms with van der Waals surface area (Å²) in [6, 6.07) is 20.4. The molecule has 5 nitrogen and oxygen atoms in total. The smallest absolute Gasteiger partial charge is 0.254 e. The fourth-order valence-electron chi connectivity index (χ4n) is 3.99. The van der Waals surface area contributed by atoms with E-state index in [1.165, 1.54) is 16.3 Å². The molecule has 0 atom stereocenters. The number of rotatable bonds is 3. The summed E-state index contributed by atoms with van der Waals surface area (Å²) in [7, 11) is 0. The van der Waals surface area contributed by atoms with Crippen molar-refractivity contribution in [1.29, 1.82) is 0 Å². The molecule has 0 saturated carbocycles. The number of piperazine rings is 1. The maximum absolute atomic E-state index is 12.9. The lowest BCUT2D eigenvalue weighted by Gasteiger charge is -2.35. The van der Waals surface area contributed by atoms with Crippen molar-refractivity contribution in [3.05, 3.63) is 71.8 Å². The number of hydrogen-bond acceptors (Lipinski definition) is 4. The van der Waals surface area contributed by atoms with Gasteiger partial charge in [-0.3, -0.25) is 9.69 Å². The zero-order valence-electron chi connectivity index (χ0n) is 15.6. The number of fused-ring (bicyclic) bond motifs is 2. The minimum absolute atomic E-state index is 0.0584. The number of carbonyl (C=O) groups excluding carboxylic acids is 1. The summed E-state index contributed by atoms with van der Waals surface area (Å²) in [5, 5.41) is 2.58. The fraction of sp³-hybridized carbons (Fsp3) is 0.261. The molecule has 3 aromatic rings. The lowest BCUT2D eigenvalue weighted by molar-refractivity contribution is 0.0628. The van der Waals surface area contributed by atoms with Gasteiger partial charge in [0.05, 0.1) is 0 Å². The predicted octanol–water partition coefficient (Wildman–Crippen LogP) is 3.53. The molecule has 1 saturated heterocycles. The lowest BCUT2D eigenvalue weighted by Crippen LogP contribution is -2.48. The highest BCUT2D eigenvalue weighted by molar-refractivity contribution is 5.95. The average molecular weight is 374 g/mol. The summed E-state index contributed by atoms with van der Waals surface area (Å²) in [6.07, 6.45) is 0. The minimum atomic E-state index is 0.0584. The van der Waals surface area contributed by atoms with Crippen molar-refractivity contribution in [3.63, 3.8) is 0 Å². The van der Waals surface area contributed by atoms with E-state index in [1.807, 2.05) is 17.0 Å². The van der Waals surface area contributed by atoms with Gasteiger partial charge < -0.3 is 14.4 Å². The van der Waals surface area contributed by atoms with Gasteiger partial charge in [-0.1, -0.05) is 42.5 Å². The Balaban J connectivity index is 1.24. The normalized spacial score (nSPS) is 16.5. The Hall–Kier alpha value is -3.05. The second-order valence-electron chi connectivity index (χ2n) is 7.27. The number of nitrogens with zero attached hydrogens (tertiary/aromatic N) is 2. The van der Waals surface area contributed by atoms with Crippen molar-refractivity contribution in [2.45, 2.75) is 6.54 Å². The molecule has 5 rings (SSSR count). The summed E-state index contributed by atoms with van der Waals surface area (Å²) in [4.78, 5) is 17.2. The van der Waals surface area contributed by atoms with E-state index in [2.05, 4.69) is 47.4 Å². The molecule has 142 valence electrons. The van der Waals surface area contributed by atoms with Gasteiger partial charge in [0.25, 0.3) is 5.91 Å². The third-order valence-electron chi connectivity index (χ3n) is 5.55. The Bertz CT molecular complexity index is 1020. The van der Waals surface area contributed by atoms with Crippen LogP contribution in [0.4, 0.5) is 0 Å². The minimum Gasteiger partial charge on any atom is -0.454 e. The van der Waals surface area contributed by atoms with Gasteiger partial charge in [-0.2, -0.15) is 0 Å². The molecule has 2 aliphatic heterocycles. The maximum Gasteiger partial charge on any atom is 0.254 e. The SMILES string of the molecule is O=C(c1ccc2c(c1)OCO2)N1CCN(Cc2cccc3ccccc23)CC1. The highest BCUT2D eigenvalue weighted by Crippen LogP contribution is 2.33. The van der Waals surface area contributed by atoms with Crippen LogP contribution in [0.5, 0.6) is 11.5 Å². The first kappa shape index (κ1) is 17.1. The predicted molar refractivity (Wildman–Crippen MR) is 108 cm³/mol. The van der Waals surface area contributed by atoms with E-state index in [4.69, 9.17) is 9.47 Å². The van der Waals surface area contributed by atoms with E-state index in [0.717, 1.165) is 32.7 Å². The molecule has 0 aliphatic carbocycles. The molecule has 0 spiro atoms. The first-order valence-electron chi connectivity index (χ1n) is 9.66. The Morgan fingerprint density at radius 3 is 2.54 bits per heavy atom. The van der Waals surface area contributed by atoms with E-state index >= 15 is 0 Å². The van der Waals surface area contributed by atoms with Crippen LogP contribution in [0.2, 0.25) is 0 Å². The van der Waals surface area contributed by atoms with Gasteiger partial charge in [-0.15, -0.1) is 0 Å². The third kappa shape index (κ3) is 3.18. The Morgan fingerprint density at radius 2 is 1.64 bits per heavy atom. The standard InChI is InChI=1S/C23H22N2O3/c26-23(18-8-9-21-22(14-18)28-16-27-21)25-12-10-24(11-13-25)15-19-6-3-5-17-4-1-2-7-20(17)19/h1-9,14H,10-13,15-16H2. The van der Waals surface area contributed by atoms with Crippen molar-refractivity contribution in [2.75, 3.05) is 33.0 Å². The molecule has 0 bridgehead atoms. The second kappa shape index (κ2) is 7.17. The van der Waals surface area contributed by atoms with E-state index in [-0.39, 0.29) is 12.7 Å². The van der Waals surface area contributed by atoms with E-state index < -0.39 is 0 Å². The van der Waals surface area contributed by atoms with Gasteiger partial charge in [0.1, 0.15) is 0 Å². The maximum atomic E-state index is 12.9. The van der Waals surface area contributed by atoms with Crippen molar-refractivity contribution >= 4 is 16.7 Å². The molecule has 5 heteroatoms. The van der Waals surface area contributed by atoms with E-state index in [1.54, 1.807) is 6.07 Å². The molecule has 28 heavy (non-hydrogen) atoms. The Kier molecular flexibility index (Phi) is 4.37. The molecule has 0 unspecified atom stereocenters. The molecule has 2 aliphatic rings. The van der Waals surface area contributed by atoms with Gasteiger partial charge in [0, 0.05) is 38.3 Å².